The number of hydrogen-bond acceptors (Lipinski definition) is 3. The molecule has 4 heteroatoms. The second kappa shape index (κ2) is 4.02. The minimum atomic E-state index is 0.628. The van der Waals surface area contributed by atoms with E-state index < -0.39 is 0 Å². The lowest BCUT2D eigenvalue weighted by Gasteiger charge is -2.12. The van der Waals surface area contributed by atoms with Gasteiger partial charge in [-0.25, -0.2) is 0 Å². The van der Waals surface area contributed by atoms with E-state index in [9.17, 15) is 0 Å². The summed E-state index contributed by atoms with van der Waals surface area (Å²) in [6, 6.07) is 7.42. The molecule has 0 aliphatic rings. The van der Waals surface area contributed by atoms with Gasteiger partial charge < -0.3 is 14.6 Å². The Morgan fingerprint density at radius 2 is 1.83 bits per heavy atom. The molecule has 1 N–H and O–H groups in total. The fourth-order valence-corrected chi connectivity index (χ4v) is 0.884. The zero-order valence-corrected chi connectivity index (χ0v) is 7.19. The van der Waals surface area contributed by atoms with E-state index in [1.54, 1.807) is 12.1 Å². The molecule has 0 aliphatic carbocycles. The van der Waals surface area contributed by atoms with E-state index in [1.165, 1.54) is 0 Å². The molecule has 63 valence electrons. The largest absolute Gasteiger partial charge is 0.569 e. The monoisotopic (exact) mass is 164 g/mol. The van der Waals surface area contributed by atoms with Gasteiger partial charge in [-0.15, -0.1) is 0 Å². The number of anilines is 1. The van der Waals surface area contributed by atoms with Gasteiger partial charge in [0.1, 0.15) is 5.75 Å². The highest BCUT2D eigenvalue weighted by Crippen LogP contribution is 2.16. The molecule has 0 bridgehead atoms. The minimum Gasteiger partial charge on any atom is -0.537 e. The average molecular weight is 164 g/mol. The first kappa shape index (κ1) is 8.94. The van der Waals surface area contributed by atoms with E-state index in [-0.39, 0.29) is 0 Å². The summed E-state index contributed by atoms with van der Waals surface area (Å²) in [6.45, 7) is 0. The fourth-order valence-electron chi connectivity index (χ4n) is 0.884. The molecule has 0 saturated heterocycles. The summed E-state index contributed by atoms with van der Waals surface area (Å²) in [4.78, 5) is 1.99. The minimum absolute atomic E-state index is 0.628. The van der Waals surface area contributed by atoms with Gasteiger partial charge in [-0.05, 0) is 24.3 Å². The average Bonchev–Trinajstić information content (AvgIpc) is 2.06. The Kier molecular flexibility index (Phi) is 2.99. The summed E-state index contributed by atoms with van der Waals surface area (Å²) in [5, 5.41) is 8.34. The lowest BCUT2D eigenvalue weighted by Crippen LogP contribution is -2.08. The van der Waals surface area contributed by atoms with E-state index in [4.69, 9.17) is 9.68 Å². The van der Waals surface area contributed by atoms with Crippen molar-refractivity contribution in [3.8, 4) is 5.75 Å². The zero-order chi connectivity index (χ0) is 8.97. The molecular weight excluding hydrogens is 153 g/mol. The van der Waals surface area contributed by atoms with E-state index in [1.807, 2.05) is 31.1 Å². The van der Waals surface area contributed by atoms with Gasteiger partial charge in [0.15, 0.2) is 0 Å². The van der Waals surface area contributed by atoms with Crippen LogP contribution < -0.4 is 9.55 Å². The Labute approximate surface area is 72.9 Å². The zero-order valence-electron chi connectivity index (χ0n) is 7.19. The molecule has 0 fully saturated rings. The summed E-state index contributed by atoms with van der Waals surface area (Å²) in [5.41, 5.74) is 1.10. The number of benzene rings is 1. The summed E-state index contributed by atoms with van der Waals surface area (Å²) in [7, 11) is 4.60. The maximum absolute atomic E-state index is 8.34. The molecule has 3 nitrogen and oxygen atoms in total. The van der Waals surface area contributed by atoms with Crippen LogP contribution in [0.3, 0.4) is 0 Å². The maximum Gasteiger partial charge on any atom is 0.569 e. The highest BCUT2D eigenvalue weighted by molar-refractivity contribution is 6.17. The van der Waals surface area contributed by atoms with Crippen LogP contribution in [-0.4, -0.2) is 26.8 Å². The summed E-state index contributed by atoms with van der Waals surface area (Å²) in [5.74, 6) is 0.628. The first-order chi connectivity index (χ1) is 5.74. The Bertz CT molecular complexity index is 235. The highest BCUT2D eigenvalue weighted by atomic mass is 16.5. The van der Waals surface area contributed by atoms with Crippen LogP contribution in [0.4, 0.5) is 5.69 Å². The molecule has 0 spiro atoms. The van der Waals surface area contributed by atoms with E-state index in [0.29, 0.717) is 13.4 Å². The van der Waals surface area contributed by atoms with Gasteiger partial charge in [0.2, 0.25) is 0 Å². The third kappa shape index (κ3) is 2.17. The van der Waals surface area contributed by atoms with Crippen LogP contribution in [-0.2, 0) is 0 Å². The van der Waals surface area contributed by atoms with Crippen molar-refractivity contribution in [1.82, 2.24) is 0 Å². The molecule has 1 aromatic carbocycles. The van der Waals surface area contributed by atoms with E-state index in [2.05, 4.69) is 0 Å². The van der Waals surface area contributed by atoms with Crippen LogP contribution in [0, 0.1) is 0 Å². The van der Waals surface area contributed by atoms with Crippen LogP contribution in [0.5, 0.6) is 5.75 Å². The number of rotatable bonds is 3. The second-order valence-corrected chi connectivity index (χ2v) is 2.61. The van der Waals surface area contributed by atoms with Crippen molar-refractivity contribution in [3.05, 3.63) is 24.3 Å². The molecule has 0 saturated carbocycles. The second-order valence-electron chi connectivity index (χ2n) is 2.61. The summed E-state index contributed by atoms with van der Waals surface area (Å²) in [6.07, 6.45) is 0. The molecule has 0 atom stereocenters. The van der Waals surface area contributed by atoms with Crippen LogP contribution in [0.25, 0.3) is 0 Å². The highest BCUT2D eigenvalue weighted by Gasteiger charge is 1.96. The Morgan fingerprint density at radius 3 is 2.25 bits per heavy atom. The van der Waals surface area contributed by atoms with Gasteiger partial charge in [-0.2, -0.15) is 0 Å². The van der Waals surface area contributed by atoms with Crippen molar-refractivity contribution < 1.29 is 9.68 Å². The number of nitrogens with zero attached hydrogens (tertiary/aromatic N) is 1. The van der Waals surface area contributed by atoms with Crippen molar-refractivity contribution in [1.29, 1.82) is 0 Å². The normalized spacial score (nSPS) is 9.25. The molecule has 1 radical (unpaired) electrons. The Morgan fingerprint density at radius 1 is 1.25 bits per heavy atom. The Balaban J connectivity index is 2.71. The van der Waals surface area contributed by atoms with E-state index in [0.717, 1.165) is 5.69 Å². The molecule has 0 heterocycles. The molecule has 1 rings (SSSR count). The third-order valence-corrected chi connectivity index (χ3v) is 1.54. The van der Waals surface area contributed by atoms with Crippen molar-refractivity contribution in [2.45, 2.75) is 0 Å². The SMILES string of the molecule is CN(C)c1ccc(O[B]O)cc1. The smallest absolute Gasteiger partial charge is 0.537 e. The molecule has 0 amide bonds. The molecule has 1 aromatic rings. The number of hydrogen-bond donors (Lipinski definition) is 1. The quantitative estimate of drug-likeness (QED) is 0.666. The van der Waals surface area contributed by atoms with Crippen LogP contribution in [0.15, 0.2) is 24.3 Å². The van der Waals surface area contributed by atoms with Crippen LogP contribution in [0.1, 0.15) is 0 Å². The molecule has 0 unspecified atom stereocenters. The van der Waals surface area contributed by atoms with Gasteiger partial charge in [0.05, 0.1) is 0 Å². The molecule has 0 aromatic heterocycles. The Hall–Kier alpha value is -1.16. The van der Waals surface area contributed by atoms with Gasteiger partial charge in [0, 0.05) is 19.8 Å². The van der Waals surface area contributed by atoms with Crippen LogP contribution in [0.2, 0.25) is 0 Å². The van der Waals surface area contributed by atoms with Crippen molar-refractivity contribution in [2.75, 3.05) is 19.0 Å². The molecular formula is C8H11BNO2. The summed E-state index contributed by atoms with van der Waals surface area (Å²) < 4.78 is 4.75. The predicted molar refractivity (Wildman–Crippen MR) is 49.4 cm³/mol. The van der Waals surface area contributed by atoms with Crippen molar-refractivity contribution in [2.24, 2.45) is 0 Å². The van der Waals surface area contributed by atoms with Crippen LogP contribution >= 0.6 is 0 Å². The molecule has 12 heavy (non-hydrogen) atoms. The lowest BCUT2D eigenvalue weighted by atomic mass is 10.3. The van der Waals surface area contributed by atoms with Gasteiger partial charge in [-0.3, -0.25) is 0 Å². The standard InChI is InChI=1S/C8H11BNO2/c1-10(2)7-3-5-8(6-4-7)12-9-11/h3-6,11H,1-2H3. The van der Waals surface area contributed by atoms with Crippen molar-refractivity contribution >= 4 is 13.4 Å². The summed E-state index contributed by atoms with van der Waals surface area (Å²) >= 11 is 0. The third-order valence-electron chi connectivity index (χ3n) is 1.54. The predicted octanol–water partition coefficient (Wildman–Crippen LogP) is 0.658. The fraction of sp³-hybridized carbons (Fsp3) is 0.250. The maximum atomic E-state index is 8.34. The first-order valence-electron chi connectivity index (χ1n) is 3.64. The van der Waals surface area contributed by atoms with Gasteiger partial charge >= 0.3 is 7.69 Å². The van der Waals surface area contributed by atoms with E-state index >= 15 is 0 Å². The van der Waals surface area contributed by atoms with Crippen molar-refractivity contribution in [3.63, 3.8) is 0 Å². The molecule has 0 aliphatic heterocycles. The lowest BCUT2D eigenvalue weighted by molar-refractivity contribution is 0.454. The van der Waals surface area contributed by atoms with Gasteiger partial charge in [-0.1, -0.05) is 0 Å². The first-order valence-corrected chi connectivity index (χ1v) is 3.64. The van der Waals surface area contributed by atoms with Gasteiger partial charge in [0.25, 0.3) is 0 Å². The topological polar surface area (TPSA) is 32.7 Å².